The van der Waals surface area contributed by atoms with Gasteiger partial charge in [0.2, 0.25) is 0 Å². The highest BCUT2D eigenvalue weighted by Crippen LogP contribution is 2.22. The first kappa shape index (κ1) is 14.2. The lowest BCUT2D eigenvalue weighted by molar-refractivity contribution is 0.822. The first-order valence-electron chi connectivity index (χ1n) is 7.58. The zero-order valence-corrected chi connectivity index (χ0v) is 13.0. The van der Waals surface area contributed by atoms with Gasteiger partial charge in [0.25, 0.3) is 5.56 Å². The smallest absolute Gasteiger partial charge is 0.279 e. The summed E-state index contributed by atoms with van der Waals surface area (Å²) < 4.78 is 1.41. The second-order valence-corrected chi connectivity index (χ2v) is 5.53. The first-order chi connectivity index (χ1) is 11.7. The van der Waals surface area contributed by atoms with E-state index in [0.717, 1.165) is 16.8 Å². The first-order valence-corrected chi connectivity index (χ1v) is 7.58. The number of aromatic amines is 1. The Kier molecular flexibility index (Phi) is 3.35. The van der Waals surface area contributed by atoms with Crippen LogP contribution in [0.2, 0.25) is 0 Å². The van der Waals surface area contributed by atoms with Crippen LogP contribution in [-0.2, 0) is 0 Å². The van der Waals surface area contributed by atoms with E-state index in [-0.39, 0.29) is 5.56 Å². The van der Waals surface area contributed by atoms with Gasteiger partial charge in [0.15, 0.2) is 5.82 Å². The van der Waals surface area contributed by atoms with Crippen LogP contribution in [0.15, 0.2) is 65.6 Å². The molecular weight excluding hydrogens is 302 g/mol. The van der Waals surface area contributed by atoms with Crippen molar-refractivity contribution in [2.45, 2.75) is 6.92 Å². The Morgan fingerprint density at radius 2 is 1.88 bits per heavy atom. The quantitative estimate of drug-likeness (QED) is 0.608. The molecular formula is C18H15N5O. The topological polar surface area (TPSA) is 75.6 Å². The summed E-state index contributed by atoms with van der Waals surface area (Å²) in [5.41, 5.74) is 2.24. The van der Waals surface area contributed by atoms with Crippen molar-refractivity contribution < 1.29 is 0 Å². The molecule has 2 N–H and O–H groups in total. The number of para-hydroxylation sites is 2. The number of aromatic nitrogens is 4. The highest BCUT2D eigenvalue weighted by atomic mass is 16.1. The molecule has 0 amide bonds. The van der Waals surface area contributed by atoms with E-state index in [1.807, 2.05) is 61.5 Å². The standard InChI is InChI=1S/C18H15N5O/c1-12-10-17(22-21-12)20-15-8-4-5-9-16(15)23-18(24)14-7-3-2-6-13(14)11-19-23/h2-11H,1H3,(H2,20,21,22). The van der Waals surface area contributed by atoms with Crippen LogP contribution >= 0.6 is 0 Å². The van der Waals surface area contributed by atoms with Crippen LogP contribution in [0.4, 0.5) is 11.5 Å². The second kappa shape index (κ2) is 5.66. The molecule has 0 unspecified atom stereocenters. The molecule has 118 valence electrons. The molecule has 2 aromatic carbocycles. The summed E-state index contributed by atoms with van der Waals surface area (Å²) in [6.45, 7) is 1.93. The van der Waals surface area contributed by atoms with Gasteiger partial charge in [-0.3, -0.25) is 9.89 Å². The van der Waals surface area contributed by atoms with E-state index in [2.05, 4.69) is 20.6 Å². The molecule has 0 fully saturated rings. The molecule has 0 radical (unpaired) electrons. The molecule has 0 aliphatic rings. The highest BCUT2D eigenvalue weighted by Gasteiger charge is 2.10. The van der Waals surface area contributed by atoms with Gasteiger partial charge in [-0.25, -0.2) is 0 Å². The van der Waals surface area contributed by atoms with Crippen LogP contribution in [0.25, 0.3) is 16.5 Å². The Morgan fingerprint density at radius 3 is 2.71 bits per heavy atom. The van der Waals surface area contributed by atoms with Crippen molar-refractivity contribution in [3.05, 3.63) is 76.8 Å². The van der Waals surface area contributed by atoms with E-state index in [1.54, 1.807) is 6.20 Å². The summed E-state index contributed by atoms with van der Waals surface area (Å²) in [7, 11) is 0. The molecule has 2 heterocycles. The SMILES string of the molecule is Cc1cc(Nc2ccccc2-n2ncc3ccccc3c2=O)n[nH]1. The zero-order chi connectivity index (χ0) is 16.5. The number of benzene rings is 2. The molecule has 24 heavy (non-hydrogen) atoms. The molecule has 0 atom stereocenters. The van der Waals surface area contributed by atoms with Gasteiger partial charge in [0.05, 0.1) is 23.0 Å². The van der Waals surface area contributed by atoms with Gasteiger partial charge in [-0.15, -0.1) is 0 Å². The summed E-state index contributed by atoms with van der Waals surface area (Å²) in [4.78, 5) is 12.8. The van der Waals surface area contributed by atoms with Crippen LogP contribution in [0.5, 0.6) is 0 Å². The summed E-state index contributed by atoms with van der Waals surface area (Å²) in [5.74, 6) is 0.689. The van der Waals surface area contributed by atoms with Crippen molar-refractivity contribution in [1.29, 1.82) is 0 Å². The summed E-state index contributed by atoms with van der Waals surface area (Å²) >= 11 is 0. The minimum Gasteiger partial charge on any atom is -0.337 e. The third-order valence-corrected chi connectivity index (χ3v) is 3.80. The van der Waals surface area contributed by atoms with Gasteiger partial charge < -0.3 is 5.32 Å². The average molecular weight is 317 g/mol. The van der Waals surface area contributed by atoms with Crippen LogP contribution in [0.1, 0.15) is 5.69 Å². The number of anilines is 2. The Balaban J connectivity index is 1.85. The van der Waals surface area contributed by atoms with E-state index >= 15 is 0 Å². The van der Waals surface area contributed by atoms with Crippen molar-refractivity contribution in [3.63, 3.8) is 0 Å². The zero-order valence-electron chi connectivity index (χ0n) is 13.0. The van der Waals surface area contributed by atoms with Gasteiger partial charge in [0.1, 0.15) is 0 Å². The minimum absolute atomic E-state index is 0.152. The molecule has 0 aliphatic heterocycles. The minimum atomic E-state index is -0.152. The summed E-state index contributed by atoms with van der Waals surface area (Å²) in [6, 6.07) is 16.8. The summed E-state index contributed by atoms with van der Waals surface area (Å²) in [6.07, 6.45) is 1.70. The molecule has 0 saturated carbocycles. The predicted octanol–water partition coefficient (Wildman–Crippen LogP) is 3.16. The fraction of sp³-hybridized carbons (Fsp3) is 0.0556. The molecule has 0 bridgehead atoms. The second-order valence-electron chi connectivity index (χ2n) is 5.53. The van der Waals surface area contributed by atoms with Gasteiger partial charge in [0, 0.05) is 17.1 Å². The Morgan fingerprint density at radius 1 is 1.08 bits per heavy atom. The number of nitrogens with zero attached hydrogens (tertiary/aromatic N) is 3. The van der Waals surface area contributed by atoms with Gasteiger partial charge in [-0.05, 0) is 25.1 Å². The Labute approximate surface area is 137 Å². The van der Waals surface area contributed by atoms with Gasteiger partial charge >= 0.3 is 0 Å². The number of rotatable bonds is 3. The van der Waals surface area contributed by atoms with Crippen LogP contribution in [0, 0.1) is 6.92 Å². The molecule has 4 rings (SSSR count). The van der Waals surface area contributed by atoms with Gasteiger partial charge in [-0.1, -0.05) is 30.3 Å². The lowest BCUT2D eigenvalue weighted by atomic mass is 10.2. The van der Waals surface area contributed by atoms with E-state index in [9.17, 15) is 4.79 Å². The number of hydrogen-bond donors (Lipinski definition) is 2. The van der Waals surface area contributed by atoms with E-state index in [4.69, 9.17) is 0 Å². The van der Waals surface area contributed by atoms with Gasteiger partial charge in [-0.2, -0.15) is 14.9 Å². The number of aryl methyl sites for hydroxylation is 1. The third-order valence-electron chi connectivity index (χ3n) is 3.80. The average Bonchev–Trinajstić information content (AvgIpc) is 3.01. The number of hydrogen-bond acceptors (Lipinski definition) is 4. The lowest BCUT2D eigenvalue weighted by Gasteiger charge is -2.11. The third kappa shape index (κ3) is 2.44. The molecule has 4 aromatic rings. The molecule has 6 nitrogen and oxygen atoms in total. The molecule has 2 aromatic heterocycles. The van der Waals surface area contributed by atoms with E-state index in [0.29, 0.717) is 16.9 Å². The maximum absolute atomic E-state index is 12.8. The van der Waals surface area contributed by atoms with Crippen molar-refractivity contribution in [3.8, 4) is 5.69 Å². The normalized spacial score (nSPS) is 10.9. The fourth-order valence-electron chi connectivity index (χ4n) is 2.65. The van der Waals surface area contributed by atoms with E-state index < -0.39 is 0 Å². The van der Waals surface area contributed by atoms with Crippen molar-refractivity contribution >= 4 is 22.3 Å². The van der Waals surface area contributed by atoms with Crippen molar-refractivity contribution in [2.75, 3.05) is 5.32 Å². The monoisotopic (exact) mass is 317 g/mol. The van der Waals surface area contributed by atoms with E-state index in [1.165, 1.54) is 4.68 Å². The van der Waals surface area contributed by atoms with Crippen LogP contribution in [-0.4, -0.2) is 20.0 Å². The number of nitrogens with one attached hydrogen (secondary N) is 2. The Hall–Kier alpha value is -3.41. The maximum atomic E-state index is 12.8. The van der Waals surface area contributed by atoms with Crippen molar-refractivity contribution in [1.82, 2.24) is 20.0 Å². The number of H-pyrrole nitrogens is 1. The fourth-order valence-corrected chi connectivity index (χ4v) is 2.65. The molecule has 0 spiro atoms. The number of fused-ring (bicyclic) bond motifs is 1. The highest BCUT2D eigenvalue weighted by molar-refractivity contribution is 5.81. The van der Waals surface area contributed by atoms with Crippen LogP contribution < -0.4 is 10.9 Å². The van der Waals surface area contributed by atoms with Crippen LogP contribution in [0.3, 0.4) is 0 Å². The predicted molar refractivity (Wildman–Crippen MR) is 93.9 cm³/mol. The molecule has 6 heteroatoms. The maximum Gasteiger partial charge on any atom is 0.279 e. The molecule has 0 saturated heterocycles. The lowest BCUT2D eigenvalue weighted by Crippen LogP contribution is -2.21. The largest absolute Gasteiger partial charge is 0.337 e. The van der Waals surface area contributed by atoms with Crippen molar-refractivity contribution in [2.24, 2.45) is 0 Å². The Bertz CT molecular complexity index is 1080. The molecule has 0 aliphatic carbocycles. The summed E-state index contributed by atoms with van der Waals surface area (Å²) in [5, 5.41) is 16.1.